The topological polar surface area (TPSA) is 107 Å². The highest BCUT2D eigenvalue weighted by molar-refractivity contribution is 6.04. The first kappa shape index (κ1) is 18.9. The van der Waals surface area contributed by atoms with Gasteiger partial charge in [-0.25, -0.2) is 9.67 Å². The smallest absolute Gasteiger partial charge is 0.257 e. The molecule has 0 aliphatic rings. The highest BCUT2D eigenvalue weighted by Gasteiger charge is 2.12. The lowest BCUT2D eigenvalue weighted by Gasteiger charge is -2.12. The summed E-state index contributed by atoms with van der Waals surface area (Å²) in [5, 5.41) is 9.33. The van der Waals surface area contributed by atoms with Crippen LogP contribution in [0.15, 0.2) is 55.1 Å². The third-order valence-electron chi connectivity index (χ3n) is 3.87. The summed E-state index contributed by atoms with van der Waals surface area (Å²) >= 11 is 0. The van der Waals surface area contributed by atoms with Gasteiger partial charge in [0.2, 0.25) is 0 Å². The zero-order chi connectivity index (χ0) is 19.9. The molecule has 2 aromatic carbocycles. The van der Waals surface area contributed by atoms with E-state index in [1.54, 1.807) is 41.3 Å². The predicted molar refractivity (Wildman–Crippen MR) is 102 cm³/mol. The van der Waals surface area contributed by atoms with E-state index in [4.69, 9.17) is 9.47 Å². The molecule has 9 nitrogen and oxygen atoms in total. The van der Waals surface area contributed by atoms with Crippen LogP contribution in [0.25, 0.3) is 5.69 Å². The van der Waals surface area contributed by atoms with Gasteiger partial charge in [-0.2, -0.15) is 5.10 Å². The second-order valence-corrected chi connectivity index (χ2v) is 5.67. The molecule has 3 aromatic rings. The summed E-state index contributed by atoms with van der Waals surface area (Å²) in [5.74, 6) is 0.167. The fourth-order valence-electron chi connectivity index (χ4n) is 2.39. The second-order valence-electron chi connectivity index (χ2n) is 5.67. The van der Waals surface area contributed by atoms with Gasteiger partial charge in [0.15, 0.2) is 18.1 Å². The Balaban J connectivity index is 1.69. The number of anilines is 1. The average Bonchev–Trinajstić information content (AvgIpc) is 3.27. The molecule has 0 aliphatic heterocycles. The molecule has 0 unspecified atom stereocenters. The standard InChI is InChI=1S/C19H19N5O4/c1-20-18(25)10-28-16-8-3-13(9-17(16)27-2)19(26)23-14-4-6-15(7-5-14)24-12-21-11-22-24/h3-9,11-12H,10H2,1-2H3,(H,20,25)(H,23,26). The fourth-order valence-corrected chi connectivity index (χ4v) is 2.39. The molecular weight excluding hydrogens is 362 g/mol. The first-order valence-electron chi connectivity index (χ1n) is 8.38. The molecule has 0 radical (unpaired) electrons. The van der Waals surface area contributed by atoms with E-state index < -0.39 is 0 Å². The molecule has 2 amide bonds. The highest BCUT2D eigenvalue weighted by Crippen LogP contribution is 2.28. The van der Waals surface area contributed by atoms with Crippen molar-refractivity contribution in [2.75, 3.05) is 26.1 Å². The Morgan fingerprint density at radius 1 is 1.11 bits per heavy atom. The second kappa shape index (κ2) is 8.67. The molecule has 1 aromatic heterocycles. The van der Waals surface area contributed by atoms with Gasteiger partial charge < -0.3 is 20.1 Å². The van der Waals surface area contributed by atoms with Gasteiger partial charge in [0.05, 0.1) is 12.8 Å². The monoisotopic (exact) mass is 381 g/mol. The number of aromatic nitrogens is 3. The molecule has 28 heavy (non-hydrogen) atoms. The summed E-state index contributed by atoms with van der Waals surface area (Å²) < 4.78 is 12.3. The lowest BCUT2D eigenvalue weighted by Crippen LogP contribution is -2.25. The zero-order valence-electron chi connectivity index (χ0n) is 15.4. The van der Waals surface area contributed by atoms with Crippen LogP contribution in [-0.4, -0.2) is 47.3 Å². The Hall–Kier alpha value is -3.88. The van der Waals surface area contributed by atoms with Crippen molar-refractivity contribution in [1.29, 1.82) is 0 Å². The van der Waals surface area contributed by atoms with Gasteiger partial charge in [-0.3, -0.25) is 9.59 Å². The molecule has 0 aliphatic carbocycles. The minimum atomic E-state index is -0.301. The lowest BCUT2D eigenvalue weighted by atomic mass is 10.1. The van der Waals surface area contributed by atoms with Crippen LogP contribution in [0.3, 0.4) is 0 Å². The molecule has 0 spiro atoms. The summed E-state index contributed by atoms with van der Waals surface area (Å²) in [6, 6.07) is 11.9. The van der Waals surface area contributed by atoms with Crippen molar-refractivity contribution in [1.82, 2.24) is 20.1 Å². The predicted octanol–water partition coefficient (Wildman–Crippen LogP) is 1.65. The number of nitrogens with zero attached hydrogens (tertiary/aromatic N) is 3. The molecule has 0 saturated heterocycles. The molecular formula is C19H19N5O4. The van der Waals surface area contributed by atoms with Crippen LogP contribution >= 0.6 is 0 Å². The van der Waals surface area contributed by atoms with Crippen LogP contribution < -0.4 is 20.1 Å². The summed E-state index contributed by atoms with van der Waals surface area (Å²) in [4.78, 5) is 27.7. The number of rotatable bonds is 7. The van der Waals surface area contributed by atoms with Crippen molar-refractivity contribution < 1.29 is 19.1 Å². The van der Waals surface area contributed by atoms with Crippen LogP contribution in [0, 0.1) is 0 Å². The third-order valence-corrected chi connectivity index (χ3v) is 3.87. The number of hydrogen-bond donors (Lipinski definition) is 2. The van der Waals surface area contributed by atoms with Gasteiger partial charge in [-0.15, -0.1) is 0 Å². The van der Waals surface area contributed by atoms with E-state index in [0.29, 0.717) is 22.7 Å². The normalized spacial score (nSPS) is 10.2. The van der Waals surface area contributed by atoms with E-state index in [-0.39, 0.29) is 18.4 Å². The Morgan fingerprint density at radius 3 is 2.54 bits per heavy atom. The Morgan fingerprint density at radius 2 is 1.89 bits per heavy atom. The minimum Gasteiger partial charge on any atom is -0.493 e. The molecule has 0 atom stereocenters. The SMILES string of the molecule is CNC(=O)COc1ccc(C(=O)Nc2ccc(-n3cncn3)cc2)cc1OC. The van der Waals surface area contributed by atoms with Crippen molar-refractivity contribution in [3.63, 3.8) is 0 Å². The van der Waals surface area contributed by atoms with E-state index >= 15 is 0 Å². The van der Waals surface area contributed by atoms with Crippen molar-refractivity contribution >= 4 is 17.5 Å². The lowest BCUT2D eigenvalue weighted by molar-refractivity contribution is -0.122. The van der Waals surface area contributed by atoms with Crippen molar-refractivity contribution in [2.45, 2.75) is 0 Å². The quantitative estimate of drug-likeness (QED) is 0.644. The Bertz CT molecular complexity index is 955. The van der Waals surface area contributed by atoms with Crippen LogP contribution in [-0.2, 0) is 4.79 Å². The summed E-state index contributed by atoms with van der Waals surface area (Å²) in [7, 11) is 2.99. The number of carbonyl (C=O) groups excluding carboxylic acids is 2. The van der Waals surface area contributed by atoms with Crippen molar-refractivity contribution in [3.05, 3.63) is 60.7 Å². The maximum Gasteiger partial charge on any atom is 0.257 e. The number of amides is 2. The Labute approximate surface area is 161 Å². The highest BCUT2D eigenvalue weighted by atomic mass is 16.5. The van der Waals surface area contributed by atoms with Crippen molar-refractivity contribution in [3.8, 4) is 17.2 Å². The number of carbonyl (C=O) groups is 2. The average molecular weight is 381 g/mol. The van der Waals surface area contributed by atoms with Crippen molar-refractivity contribution in [2.24, 2.45) is 0 Å². The number of nitrogens with one attached hydrogen (secondary N) is 2. The minimum absolute atomic E-state index is 0.142. The van der Waals surface area contributed by atoms with Crippen LogP contribution in [0.4, 0.5) is 5.69 Å². The first-order valence-corrected chi connectivity index (χ1v) is 8.38. The van der Waals surface area contributed by atoms with Crippen LogP contribution in [0.5, 0.6) is 11.5 Å². The largest absolute Gasteiger partial charge is 0.493 e. The Kier molecular flexibility index (Phi) is 5.85. The van der Waals surface area contributed by atoms with E-state index in [2.05, 4.69) is 20.7 Å². The zero-order valence-corrected chi connectivity index (χ0v) is 15.4. The van der Waals surface area contributed by atoms with Gasteiger partial charge in [0, 0.05) is 18.3 Å². The first-order chi connectivity index (χ1) is 13.6. The third kappa shape index (κ3) is 4.44. The number of methoxy groups -OCH3 is 1. The summed E-state index contributed by atoms with van der Waals surface area (Å²) in [6.45, 7) is -0.142. The number of ether oxygens (including phenoxy) is 2. The van der Waals surface area contributed by atoms with E-state index in [1.807, 2.05) is 12.1 Å². The molecule has 0 bridgehead atoms. The maximum absolute atomic E-state index is 12.5. The molecule has 2 N–H and O–H groups in total. The van der Waals surface area contributed by atoms with Crippen LogP contribution in [0.1, 0.15) is 10.4 Å². The molecule has 0 saturated carbocycles. The van der Waals surface area contributed by atoms with Gasteiger partial charge in [0.25, 0.3) is 11.8 Å². The number of likely N-dealkylation sites (N-methyl/N-ethyl adjacent to an activating group) is 1. The molecule has 3 rings (SSSR count). The number of hydrogen-bond acceptors (Lipinski definition) is 6. The maximum atomic E-state index is 12.5. The molecule has 1 heterocycles. The van der Waals surface area contributed by atoms with Gasteiger partial charge >= 0.3 is 0 Å². The van der Waals surface area contributed by atoms with E-state index in [9.17, 15) is 9.59 Å². The van der Waals surface area contributed by atoms with E-state index in [1.165, 1.54) is 20.5 Å². The number of benzene rings is 2. The van der Waals surface area contributed by atoms with Gasteiger partial charge in [-0.1, -0.05) is 0 Å². The van der Waals surface area contributed by atoms with E-state index in [0.717, 1.165) is 5.69 Å². The van der Waals surface area contributed by atoms with Gasteiger partial charge in [-0.05, 0) is 42.5 Å². The van der Waals surface area contributed by atoms with Gasteiger partial charge in [0.1, 0.15) is 12.7 Å². The molecule has 9 heteroatoms. The molecule has 0 fully saturated rings. The summed E-state index contributed by atoms with van der Waals surface area (Å²) in [5.41, 5.74) is 1.85. The summed E-state index contributed by atoms with van der Waals surface area (Å²) in [6.07, 6.45) is 3.04. The molecule has 144 valence electrons. The fraction of sp³-hybridized carbons (Fsp3) is 0.158. The van der Waals surface area contributed by atoms with Crippen LogP contribution in [0.2, 0.25) is 0 Å².